The quantitative estimate of drug-likeness (QED) is 0.817. The summed E-state index contributed by atoms with van der Waals surface area (Å²) in [4.78, 5) is 11.6. The summed E-state index contributed by atoms with van der Waals surface area (Å²) >= 11 is 0. The molecule has 0 bridgehead atoms. The van der Waals surface area contributed by atoms with Crippen molar-refractivity contribution < 1.29 is 18.0 Å². The van der Waals surface area contributed by atoms with E-state index in [0.717, 1.165) is 11.6 Å². The largest absolute Gasteiger partial charge is 0.472 e. The Kier molecular flexibility index (Phi) is 3.32. The minimum Gasteiger partial charge on any atom is -0.472 e. The van der Waals surface area contributed by atoms with Crippen molar-refractivity contribution in [3.05, 3.63) is 59.6 Å². The second-order valence-corrected chi connectivity index (χ2v) is 3.74. The summed E-state index contributed by atoms with van der Waals surface area (Å²) in [5.74, 6) is -2.07. The number of ketones is 1. The molecule has 0 spiro atoms. The van der Waals surface area contributed by atoms with Crippen molar-refractivity contribution in [2.75, 3.05) is 0 Å². The number of benzene rings is 1. The fourth-order valence-electron chi connectivity index (χ4n) is 1.58. The van der Waals surface area contributed by atoms with Gasteiger partial charge in [0.1, 0.15) is 5.78 Å². The van der Waals surface area contributed by atoms with Crippen LogP contribution < -0.4 is 0 Å². The minimum atomic E-state index is -0.951. The molecule has 2 aromatic rings. The molecule has 0 radical (unpaired) electrons. The van der Waals surface area contributed by atoms with Gasteiger partial charge in [-0.05, 0) is 23.3 Å². The van der Waals surface area contributed by atoms with Gasteiger partial charge in [0.15, 0.2) is 11.6 Å². The predicted molar refractivity (Wildman–Crippen MR) is 57.5 cm³/mol. The molecule has 0 fully saturated rings. The van der Waals surface area contributed by atoms with Crippen molar-refractivity contribution in [1.29, 1.82) is 0 Å². The van der Waals surface area contributed by atoms with Crippen LogP contribution in [0.5, 0.6) is 0 Å². The number of rotatable bonds is 4. The van der Waals surface area contributed by atoms with E-state index in [4.69, 9.17) is 4.42 Å². The van der Waals surface area contributed by atoms with Gasteiger partial charge < -0.3 is 4.42 Å². The van der Waals surface area contributed by atoms with Crippen LogP contribution in [0.3, 0.4) is 0 Å². The maximum Gasteiger partial charge on any atom is 0.162 e. The Morgan fingerprint density at radius 3 is 2.71 bits per heavy atom. The Balaban J connectivity index is 2.06. The first-order chi connectivity index (χ1) is 8.16. The number of furan rings is 1. The van der Waals surface area contributed by atoms with E-state index in [-0.39, 0.29) is 24.2 Å². The predicted octanol–water partition coefficient (Wildman–Crippen LogP) is 2.91. The molecule has 88 valence electrons. The van der Waals surface area contributed by atoms with Gasteiger partial charge in [-0.25, -0.2) is 8.78 Å². The molecular weight excluding hydrogens is 226 g/mol. The van der Waals surface area contributed by atoms with E-state index in [1.165, 1.54) is 24.7 Å². The fraction of sp³-hybridized carbons (Fsp3) is 0.154. The average molecular weight is 236 g/mol. The van der Waals surface area contributed by atoms with E-state index >= 15 is 0 Å². The van der Waals surface area contributed by atoms with Gasteiger partial charge >= 0.3 is 0 Å². The monoisotopic (exact) mass is 236 g/mol. The molecule has 0 aliphatic heterocycles. The van der Waals surface area contributed by atoms with E-state index in [9.17, 15) is 13.6 Å². The van der Waals surface area contributed by atoms with E-state index < -0.39 is 11.6 Å². The molecule has 2 rings (SSSR count). The highest BCUT2D eigenvalue weighted by Gasteiger charge is 2.12. The molecule has 0 aliphatic rings. The first-order valence-corrected chi connectivity index (χ1v) is 5.12. The normalized spacial score (nSPS) is 10.5. The lowest BCUT2D eigenvalue weighted by Gasteiger charge is -2.02. The third-order valence-electron chi connectivity index (χ3n) is 2.40. The van der Waals surface area contributed by atoms with Crippen LogP contribution in [0.15, 0.2) is 41.2 Å². The van der Waals surface area contributed by atoms with Crippen molar-refractivity contribution in [3.8, 4) is 0 Å². The Hall–Kier alpha value is -1.97. The zero-order valence-electron chi connectivity index (χ0n) is 8.95. The number of halogens is 2. The van der Waals surface area contributed by atoms with Crippen molar-refractivity contribution in [3.63, 3.8) is 0 Å². The van der Waals surface area contributed by atoms with Gasteiger partial charge in [-0.15, -0.1) is 0 Å². The van der Waals surface area contributed by atoms with E-state index in [0.29, 0.717) is 0 Å². The summed E-state index contributed by atoms with van der Waals surface area (Å²) in [6.07, 6.45) is 2.96. The molecule has 0 saturated heterocycles. The molecule has 1 aromatic carbocycles. The molecule has 0 unspecified atom stereocenters. The summed E-state index contributed by atoms with van der Waals surface area (Å²) in [5, 5.41) is 0. The van der Waals surface area contributed by atoms with Gasteiger partial charge in [0.05, 0.1) is 12.5 Å². The summed E-state index contributed by atoms with van der Waals surface area (Å²) in [6.45, 7) is 0. The average Bonchev–Trinajstić information content (AvgIpc) is 2.77. The third kappa shape index (κ3) is 2.78. The van der Waals surface area contributed by atoms with E-state index in [1.54, 1.807) is 6.07 Å². The van der Waals surface area contributed by atoms with Crippen molar-refractivity contribution in [2.45, 2.75) is 12.8 Å². The van der Waals surface area contributed by atoms with E-state index in [2.05, 4.69) is 0 Å². The van der Waals surface area contributed by atoms with Crippen molar-refractivity contribution >= 4 is 5.78 Å². The number of hydrogen-bond acceptors (Lipinski definition) is 2. The summed E-state index contributed by atoms with van der Waals surface area (Å²) in [6, 6.07) is 5.49. The number of hydrogen-bond donors (Lipinski definition) is 0. The van der Waals surface area contributed by atoms with Crippen molar-refractivity contribution in [2.24, 2.45) is 0 Å². The van der Waals surface area contributed by atoms with Crippen LogP contribution in [0.25, 0.3) is 0 Å². The Labute approximate surface area is 96.9 Å². The van der Waals surface area contributed by atoms with Crippen LogP contribution in [0.2, 0.25) is 0 Å². The van der Waals surface area contributed by atoms with Crippen LogP contribution >= 0.6 is 0 Å². The summed E-state index contributed by atoms with van der Waals surface area (Å²) in [7, 11) is 0. The lowest BCUT2D eigenvalue weighted by atomic mass is 10.0. The minimum absolute atomic E-state index is 0.0819. The molecule has 1 aromatic heterocycles. The highest BCUT2D eigenvalue weighted by Crippen LogP contribution is 2.13. The molecule has 0 N–H and O–H groups in total. The van der Waals surface area contributed by atoms with Gasteiger partial charge in [-0.1, -0.05) is 12.1 Å². The molecule has 0 aliphatic carbocycles. The SMILES string of the molecule is O=C(Cc1ccoc1)Cc1cccc(F)c1F. The molecule has 17 heavy (non-hydrogen) atoms. The first-order valence-electron chi connectivity index (χ1n) is 5.12. The van der Waals surface area contributed by atoms with Crippen LogP contribution in [-0.2, 0) is 17.6 Å². The van der Waals surface area contributed by atoms with Crippen LogP contribution in [0.4, 0.5) is 8.78 Å². The topological polar surface area (TPSA) is 30.2 Å². The second kappa shape index (κ2) is 4.91. The molecule has 0 atom stereocenters. The summed E-state index contributed by atoms with van der Waals surface area (Å²) in [5.41, 5.74) is 0.810. The molecule has 4 heteroatoms. The Morgan fingerprint density at radius 2 is 2.00 bits per heavy atom. The Morgan fingerprint density at radius 1 is 1.18 bits per heavy atom. The van der Waals surface area contributed by atoms with Gasteiger partial charge in [-0.2, -0.15) is 0 Å². The molecule has 2 nitrogen and oxygen atoms in total. The molecular formula is C13H10F2O2. The van der Waals surface area contributed by atoms with Crippen LogP contribution in [0.1, 0.15) is 11.1 Å². The summed E-state index contributed by atoms with van der Waals surface area (Å²) < 4.78 is 31.0. The number of carbonyl (C=O) groups is 1. The van der Waals surface area contributed by atoms with Gasteiger partial charge in [0.2, 0.25) is 0 Å². The zero-order chi connectivity index (χ0) is 12.3. The Bertz CT molecular complexity index is 518. The fourth-order valence-corrected chi connectivity index (χ4v) is 1.58. The van der Waals surface area contributed by atoms with Gasteiger partial charge in [0, 0.05) is 12.8 Å². The lowest BCUT2D eigenvalue weighted by Crippen LogP contribution is -2.08. The van der Waals surface area contributed by atoms with E-state index in [1.807, 2.05) is 0 Å². The third-order valence-corrected chi connectivity index (χ3v) is 2.40. The van der Waals surface area contributed by atoms with Gasteiger partial charge in [-0.3, -0.25) is 4.79 Å². The molecule has 1 heterocycles. The standard InChI is InChI=1S/C13H10F2O2/c14-12-3-1-2-10(13(12)15)7-11(16)6-9-4-5-17-8-9/h1-5,8H,6-7H2. The molecule has 0 saturated carbocycles. The highest BCUT2D eigenvalue weighted by atomic mass is 19.2. The maximum absolute atomic E-state index is 13.3. The zero-order valence-corrected chi connectivity index (χ0v) is 8.95. The second-order valence-electron chi connectivity index (χ2n) is 3.74. The van der Waals surface area contributed by atoms with Crippen LogP contribution in [-0.4, -0.2) is 5.78 Å². The van der Waals surface area contributed by atoms with Gasteiger partial charge in [0.25, 0.3) is 0 Å². The smallest absolute Gasteiger partial charge is 0.162 e. The van der Waals surface area contributed by atoms with Crippen LogP contribution in [0, 0.1) is 11.6 Å². The molecule has 0 amide bonds. The maximum atomic E-state index is 13.3. The number of carbonyl (C=O) groups excluding carboxylic acids is 1. The highest BCUT2D eigenvalue weighted by molar-refractivity contribution is 5.83. The number of Topliss-reactive ketones (excluding diaryl/α,β-unsaturated/α-hetero) is 1. The van der Waals surface area contributed by atoms with Crippen molar-refractivity contribution in [1.82, 2.24) is 0 Å². The lowest BCUT2D eigenvalue weighted by molar-refractivity contribution is -0.117. The first kappa shape index (κ1) is 11.5.